The van der Waals surface area contributed by atoms with Crippen LogP contribution in [-0.2, 0) is 11.3 Å². The summed E-state index contributed by atoms with van der Waals surface area (Å²) in [5.74, 6) is 1.43. The summed E-state index contributed by atoms with van der Waals surface area (Å²) in [4.78, 5) is 31.9. The second-order valence-electron chi connectivity index (χ2n) is 6.29. The van der Waals surface area contributed by atoms with E-state index in [1.165, 1.54) is 7.11 Å². The van der Waals surface area contributed by atoms with Crippen LogP contribution in [0, 0.1) is 0 Å². The number of nitrogens with zero attached hydrogens (tertiary/aromatic N) is 3. The average molecular weight is 394 g/mol. The largest absolute Gasteiger partial charge is 0.497 e. The van der Waals surface area contributed by atoms with Crippen LogP contribution in [0.1, 0.15) is 0 Å². The van der Waals surface area contributed by atoms with E-state index in [0.717, 1.165) is 15.9 Å². The molecule has 148 valence electrons. The number of aromatic amines is 1. The Morgan fingerprint density at radius 1 is 1.07 bits per heavy atom. The number of hydrogen-bond donors (Lipinski definition) is 1. The molecule has 0 spiro atoms. The Bertz CT molecular complexity index is 1270. The van der Waals surface area contributed by atoms with Crippen LogP contribution in [0.5, 0.6) is 5.75 Å². The average Bonchev–Trinajstić information content (AvgIpc) is 3.23. The number of benzene rings is 2. The monoisotopic (exact) mass is 394 g/mol. The Kier molecular flexibility index (Phi) is 4.96. The first-order valence-electron chi connectivity index (χ1n) is 8.85. The van der Waals surface area contributed by atoms with Crippen molar-refractivity contribution in [2.24, 2.45) is 0 Å². The van der Waals surface area contributed by atoms with Crippen molar-refractivity contribution in [2.45, 2.75) is 6.54 Å². The zero-order valence-electron chi connectivity index (χ0n) is 15.8. The lowest BCUT2D eigenvalue weighted by Crippen LogP contribution is -2.36. The minimum absolute atomic E-state index is 0.178. The maximum atomic E-state index is 12.6. The Morgan fingerprint density at radius 3 is 2.55 bits per heavy atom. The van der Waals surface area contributed by atoms with Gasteiger partial charge in [0.25, 0.3) is 11.4 Å². The van der Waals surface area contributed by atoms with E-state index in [1.54, 1.807) is 37.4 Å². The molecule has 2 heterocycles. The molecule has 0 amide bonds. The van der Waals surface area contributed by atoms with Crippen LogP contribution < -0.4 is 16.0 Å². The number of methoxy groups -OCH3 is 2. The van der Waals surface area contributed by atoms with Gasteiger partial charge in [0.05, 0.1) is 31.2 Å². The van der Waals surface area contributed by atoms with Crippen LogP contribution in [0.3, 0.4) is 0 Å². The molecule has 29 heavy (non-hydrogen) atoms. The van der Waals surface area contributed by atoms with E-state index in [1.807, 2.05) is 12.1 Å². The zero-order valence-corrected chi connectivity index (χ0v) is 15.8. The topological polar surface area (TPSA) is 112 Å². The van der Waals surface area contributed by atoms with Gasteiger partial charge in [0.1, 0.15) is 5.75 Å². The van der Waals surface area contributed by atoms with Gasteiger partial charge in [-0.05, 0) is 42.5 Å². The summed E-state index contributed by atoms with van der Waals surface area (Å²) in [6.45, 7) is 0.444. The summed E-state index contributed by atoms with van der Waals surface area (Å²) in [5, 5.41) is 4.39. The van der Waals surface area contributed by atoms with Crippen LogP contribution in [-0.4, -0.2) is 40.5 Å². The normalized spacial score (nSPS) is 11.1. The fraction of sp³-hybridized carbons (Fsp3) is 0.200. The van der Waals surface area contributed by atoms with Crippen molar-refractivity contribution in [1.82, 2.24) is 19.7 Å². The molecule has 4 rings (SSSR count). The minimum atomic E-state index is -0.499. The molecule has 0 radical (unpaired) electrons. The standard InChI is InChI=1S/C20H18N4O5/c1-27-10-9-24-19(25)15-8-5-13(11-16(15)21-20(24)26)18-22-17(23-29-18)12-3-6-14(28-2)7-4-12/h3-8,11H,9-10H2,1-2H3,(H,21,26). The van der Waals surface area contributed by atoms with Gasteiger partial charge in [0, 0.05) is 18.2 Å². The van der Waals surface area contributed by atoms with Crippen molar-refractivity contribution < 1.29 is 14.0 Å². The maximum absolute atomic E-state index is 12.6. The summed E-state index contributed by atoms with van der Waals surface area (Å²) < 4.78 is 16.6. The molecule has 1 N–H and O–H groups in total. The van der Waals surface area contributed by atoms with Gasteiger partial charge in [-0.15, -0.1) is 0 Å². The van der Waals surface area contributed by atoms with Crippen LogP contribution in [0.2, 0.25) is 0 Å². The van der Waals surface area contributed by atoms with E-state index in [4.69, 9.17) is 14.0 Å². The fourth-order valence-corrected chi connectivity index (χ4v) is 2.97. The third kappa shape index (κ3) is 3.55. The van der Waals surface area contributed by atoms with Crippen LogP contribution in [0.25, 0.3) is 33.7 Å². The smallest absolute Gasteiger partial charge is 0.328 e. The zero-order chi connectivity index (χ0) is 20.4. The predicted molar refractivity (Wildman–Crippen MR) is 106 cm³/mol. The summed E-state index contributed by atoms with van der Waals surface area (Å²) >= 11 is 0. The van der Waals surface area contributed by atoms with Gasteiger partial charge in [-0.25, -0.2) is 4.79 Å². The van der Waals surface area contributed by atoms with Crippen LogP contribution in [0.4, 0.5) is 0 Å². The molecule has 0 aliphatic rings. The molecule has 0 unspecified atom stereocenters. The number of H-pyrrole nitrogens is 1. The van der Waals surface area contributed by atoms with Gasteiger partial charge in [-0.1, -0.05) is 5.16 Å². The highest BCUT2D eigenvalue weighted by Crippen LogP contribution is 2.25. The quantitative estimate of drug-likeness (QED) is 0.533. The number of aromatic nitrogens is 4. The Balaban J connectivity index is 1.70. The van der Waals surface area contributed by atoms with Crippen molar-refractivity contribution in [3.8, 4) is 28.6 Å². The first-order chi connectivity index (χ1) is 14.1. The molecule has 0 aliphatic heterocycles. The third-order valence-electron chi connectivity index (χ3n) is 4.52. The summed E-state index contributed by atoms with van der Waals surface area (Å²) in [6.07, 6.45) is 0. The SMILES string of the molecule is COCCn1c(=O)[nH]c2cc(-c3nc(-c4ccc(OC)cc4)no3)ccc2c1=O. The Morgan fingerprint density at radius 2 is 1.83 bits per heavy atom. The third-order valence-corrected chi connectivity index (χ3v) is 4.52. The lowest BCUT2D eigenvalue weighted by atomic mass is 10.1. The van der Waals surface area contributed by atoms with Crippen LogP contribution in [0.15, 0.2) is 56.6 Å². The second-order valence-corrected chi connectivity index (χ2v) is 6.29. The Labute approximate surface area is 164 Å². The van der Waals surface area contributed by atoms with Gasteiger partial charge >= 0.3 is 5.69 Å². The molecule has 0 atom stereocenters. The van der Waals surface area contributed by atoms with Crippen molar-refractivity contribution >= 4 is 10.9 Å². The predicted octanol–water partition coefficient (Wildman–Crippen LogP) is 2.06. The highest BCUT2D eigenvalue weighted by molar-refractivity contribution is 5.82. The van der Waals surface area contributed by atoms with E-state index in [0.29, 0.717) is 22.3 Å². The van der Waals surface area contributed by atoms with Gasteiger partial charge in [-0.3, -0.25) is 9.36 Å². The fourth-order valence-electron chi connectivity index (χ4n) is 2.97. The summed E-state index contributed by atoms with van der Waals surface area (Å²) in [5.41, 5.74) is 0.888. The van der Waals surface area contributed by atoms with E-state index in [9.17, 15) is 9.59 Å². The molecule has 9 heteroatoms. The molecule has 0 saturated carbocycles. The molecule has 0 aliphatic carbocycles. The molecular weight excluding hydrogens is 376 g/mol. The molecule has 4 aromatic rings. The molecule has 0 fully saturated rings. The molecule has 2 aromatic heterocycles. The van der Waals surface area contributed by atoms with Gasteiger partial charge in [0.15, 0.2) is 0 Å². The number of ether oxygens (including phenoxy) is 2. The molecule has 9 nitrogen and oxygen atoms in total. The second kappa shape index (κ2) is 7.72. The molecular formula is C20H18N4O5. The summed E-state index contributed by atoms with van der Waals surface area (Å²) in [7, 11) is 3.11. The van der Waals surface area contributed by atoms with Crippen molar-refractivity contribution in [2.75, 3.05) is 20.8 Å². The van der Waals surface area contributed by atoms with Crippen LogP contribution >= 0.6 is 0 Å². The molecule has 2 aromatic carbocycles. The lowest BCUT2D eigenvalue weighted by molar-refractivity contribution is 0.185. The van der Waals surface area contributed by atoms with E-state index in [2.05, 4.69) is 15.1 Å². The highest BCUT2D eigenvalue weighted by atomic mass is 16.5. The van der Waals surface area contributed by atoms with E-state index in [-0.39, 0.29) is 24.6 Å². The van der Waals surface area contributed by atoms with Gasteiger partial charge < -0.3 is 19.0 Å². The number of fused-ring (bicyclic) bond motifs is 1. The number of hydrogen-bond acceptors (Lipinski definition) is 7. The maximum Gasteiger partial charge on any atom is 0.328 e. The van der Waals surface area contributed by atoms with Gasteiger partial charge in [0.2, 0.25) is 5.82 Å². The van der Waals surface area contributed by atoms with Crippen molar-refractivity contribution in [3.05, 3.63) is 63.3 Å². The van der Waals surface area contributed by atoms with Gasteiger partial charge in [-0.2, -0.15) is 4.98 Å². The van der Waals surface area contributed by atoms with E-state index < -0.39 is 5.69 Å². The highest BCUT2D eigenvalue weighted by Gasteiger charge is 2.13. The minimum Gasteiger partial charge on any atom is -0.497 e. The summed E-state index contributed by atoms with van der Waals surface area (Å²) in [6, 6.07) is 12.2. The first kappa shape index (κ1) is 18.6. The Hall–Kier alpha value is -3.72. The van der Waals surface area contributed by atoms with E-state index >= 15 is 0 Å². The van der Waals surface area contributed by atoms with Crippen molar-refractivity contribution in [1.29, 1.82) is 0 Å². The number of rotatable bonds is 6. The lowest BCUT2D eigenvalue weighted by Gasteiger charge is -2.06. The molecule has 0 saturated heterocycles. The first-order valence-corrected chi connectivity index (χ1v) is 8.85. The number of nitrogens with one attached hydrogen (secondary N) is 1. The molecule has 0 bridgehead atoms. The van der Waals surface area contributed by atoms with Crippen molar-refractivity contribution in [3.63, 3.8) is 0 Å².